The Morgan fingerprint density at radius 3 is 2.61 bits per heavy atom. The number of rotatable bonds is 5. The van der Waals surface area contributed by atoms with Gasteiger partial charge in [-0.1, -0.05) is 12.8 Å². The lowest BCUT2D eigenvalue weighted by molar-refractivity contribution is -0.189. The molecule has 1 fully saturated rings. The Bertz CT molecular complexity index is 272. The Morgan fingerprint density at radius 1 is 1.33 bits per heavy atom. The molecule has 0 aromatic carbocycles. The Balaban J connectivity index is 2.44. The zero-order valence-electron chi connectivity index (χ0n) is 10.1. The molecule has 1 amide bonds. The number of ether oxygens (including phenoxy) is 1. The van der Waals surface area contributed by atoms with Crippen LogP contribution in [0.5, 0.6) is 0 Å². The first kappa shape index (κ1) is 15.2. The lowest BCUT2D eigenvalue weighted by Crippen LogP contribution is -2.48. The average Bonchev–Trinajstić information content (AvgIpc) is 2.28. The van der Waals surface area contributed by atoms with Gasteiger partial charge in [0.25, 0.3) is 0 Å². The third-order valence-corrected chi connectivity index (χ3v) is 3.03. The molecule has 1 aliphatic rings. The molecule has 18 heavy (non-hydrogen) atoms. The summed E-state index contributed by atoms with van der Waals surface area (Å²) in [6, 6.07) is -0.826. The van der Waals surface area contributed by atoms with Crippen molar-refractivity contribution < 1.29 is 22.7 Å². The second kappa shape index (κ2) is 6.94. The molecule has 0 heterocycles. The summed E-state index contributed by atoms with van der Waals surface area (Å²) in [5.41, 5.74) is 5.17. The van der Waals surface area contributed by atoms with E-state index in [-0.39, 0.29) is 26.2 Å². The highest BCUT2D eigenvalue weighted by molar-refractivity contribution is 5.77. The molecule has 0 aromatic rings. The molecule has 0 bridgehead atoms. The van der Waals surface area contributed by atoms with Crippen LogP contribution in [0, 0.1) is 5.92 Å². The van der Waals surface area contributed by atoms with Crippen molar-refractivity contribution in [2.45, 2.75) is 37.9 Å². The van der Waals surface area contributed by atoms with Crippen molar-refractivity contribution in [3.8, 4) is 0 Å². The van der Waals surface area contributed by atoms with E-state index in [0.29, 0.717) is 19.3 Å². The van der Waals surface area contributed by atoms with Crippen LogP contribution >= 0.6 is 0 Å². The molecule has 106 valence electrons. The zero-order chi connectivity index (χ0) is 13.6. The van der Waals surface area contributed by atoms with Crippen LogP contribution in [-0.2, 0) is 9.53 Å². The fourth-order valence-electron chi connectivity index (χ4n) is 2.19. The monoisotopic (exact) mass is 268 g/mol. The number of halogens is 3. The molecule has 2 atom stereocenters. The van der Waals surface area contributed by atoms with E-state index in [0.717, 1.165) is 0 Å². The maximum atomic E-state index is 12.7. The van der Waals surface area contributed by atoms with E-state index >= 15 is 0 Å². The van der Waals surface area contributed by atoms with Gasteiger partial charge in [0.05, 0.1) is 12.5 Å². The minimum absolute atomic E-state index is 0.0815. The average molecular weight is 268 g/mol. The third-order valence-electron chi connectivity index (χ3n) is 3.03. The van der Waals surface area contributed by atoms with Crippen LogP contribution in [0.25, 0.3) is 0 Å². The maximum Gasteiger partial charge on any atom is 0.393 e. The molecule has 0 spiro atoms. The number of nitrogens with two attached hydrogens (primary N) is 1. The normalized spacial score (nSPS) is 24.9. The largest absolute Gasteiger partial charge is 0.393 e. The summed E-state index contributed by atoms with van der Waals surface area (Å²) in [5, 5.41) is 2.41. The van der Waals surface area contributed by atoms with E-state index in [1.165, 1.54) is 0 Å². The van der Waals surface area contributed by atoms with E-state index < -0.39 is 24.0 Å². The predicted molar refractivity (Wildman–Crippen MR) is 59.8 cm³/mol. The second-order valence-corrected chi connectivity index (χ2v) is 4.45. The van der Waals surface area contributed by atoms with Crippen molar-refractivity contribution in [3.63, 3.8) is 0 Å². The molecule has 7 heteroatoms. The lowest BCUT2D eigenvalue weighted by Gasteiger charge is -2.33. The SMILES string of the molecule is NCCOCC(=O)NC1CCCCC1C(F)(F)F. The van der Waals surface area contributed by atoms with Crippen molar-refractivity contribution in [1.82, 2.24) is 5.32 Å². The minimum Gasteiger partial charge on any atom is -0.370 e. The van der Waals surface area contributed by atoms with E-state index in [9.17, 15) is 18.0 Å². The summed E-state index contributed by atoms with van der Waals surface area (Å²) >= 11 is 0. The molecular weight excluding hydrogens is 249 g/mol. The molecule has 1 aliphatic carbocycles. The molecule has 0 radical (unpaired) electrons. The molecule has 3 N–H and O–H groups in total. The quantitative estimate of drug-likeness (QED) is 0.736. The molecule has 0 aromatic heterocycles. The zero-order valence-corrected chi connectivity index (χ0v) is 10.1. The Hall–Kier alpha value is -0.820. The van der Waals surface area contributed by atoms with Gasteiger partial charge in [-0.2, -0.15) is 13.2 Å². The highest BCUT2D eigenvalue weighted by Crippen LogP contribution is 2.37. The van der Waals surface area contributed by atoms with Crippen molar-refractivity contribution in [2.75, 3.05) is 19.8 Å². The number of hydrogen-bond acceptors (Lipinski definition) is 3. The van der Waals surface area contributed by atoms with E-state index in [2.05, 4.69) is 5.32 Å². The molecule has 0 saturated heterocycles. The van der Waals surface area contributed by atoms with E-state index in [1.54, 1.807) is 0 Å². The summed E-state index contributed by atoms with van der Waals surface area (Å²) in [6.07, 6.45) is -2.54. The Labute approximate surface area is 104 Å². The van der Waals surface area contributed by atoms with Crippen LogP contribution < -0.4 is 11.1 Å². The van der Waals surface area contributed by atoms with E-state index in [1.807, 2.05) is 0 Å². The van der Waals surface area contributed by atoms with Gasteiger partial charge in [0, 0.05) is 12.6 Å². The summed E-state index contributed by atoms with van der Waals surface area (Å²) in [4.78, 5) is 11.4. The summed E-state index contributed by atoms with van der Waals surface area (Å²) in [7, 11) is 0. The summed E-state index contributed by atoms with van der Waals surface area (Å²) in [5.74, 6) is -1.95. The summed E-state index contributed by atoms with van der Waals surface area (Å²) < 4.78 is 43.1. The van der Waals surface area contributed by atoms with Crippen LogP contribution in [0.1, 0.15) is 25.7 Å². The smallest absolute Gasteiger partial charge is 0.370 e. The number of nitrogens with one attached hydrogen (secondary N) is 1. The molecule has 1 saturated carbocycles. The van der Waals surface area contributed by atoms with Gasteiger partial charge in [-0.05, 0) is 12.8 Å². The number of carbonyl (C=O) groups excluding carboxylic acids is 1. The number of hydrogen-bond donors (Lipinski definition) is 2. The first-order chi connectivity index (χ1) is 8.45. The Kier molecular flexibility index (Phi) is 5.87. The van der Waals surface area contributed by atoms with Gasteiger partial charge in [0.1, 0.15) is 6.61 Å². The van der Waals surface area contributed by atoms with Gasteiger partial charge in [-0.25, -0.2) is 0 Å². The van der Waals surface area contributed by atoms with E-state index in [4.69, 9.17) is 10.5 Å². The topological polar surface area (TPSA) is 64.3 Å². The second-order valence-electron chi connectivity index (χ2n) is 4.45. The number of alkyl halides is 3. The van der Waals surface area contributed by atoms with Crippen LogP contribution in [0.4, 0.5) is 13.2 Å². The fourth-order valence-corrected chi connectivity index (χ4v) is 2.19. The van der Waals surface area contributed by atoms with Gasteiger partial charge in [0.15, 0.2) is 0 Å². The molecule has 4 nitrogen and oxygen atoms in total. The molecule has 2 unspecified atom stereocenters. The van der Waals surface area contributed by atoms with Crippen molar-refractivity contribution in [3.05, 3.63) is 0 Å². The van der Waals surface area contributed by atoms with Gasteiger partial charge in [0.2, 0.25) is 5.91 Å². The highest BCUT2D eigenvalue weighted by atomic mass is 19.4. The molecular formula is C11H19F3N2O2. The first-order valence-electron chi connectivity index (χ1n) is 6.09. The van der Waals surface area contributed by atoms with Crippen LogP contribution in [-0.4, -0.2) is 37.9 Å². The number of carbonyl (C=O) groups is 1. The van der Waals surface area contributed by atoms with Crippen LogP contribution in [0.15, 0.2) is 0 Å². The van der Waals surface area contributed by atoms with Gasteiger partial charge in [-0.3, -0.25) is 4.79 Å². The van der Waals surface area contributed by atoms with Crippen molar-refractivity contribution in [1.29, 1.82) is 0 Å². The summed E-state index contributed by atoms with van der Waals surface area (Å²) in [6.45, 7) is 0.265. The van der Waals surface area contributed by atoms with Crippen LogP contribution in [0.3, 0.4) is 0 Å². The van der Waals surface area contributed by atoms with Gasteiger partial charge < -0.3 is 15.8 Å². The first-order valence-corrected chi connectivity index (χ1v) is 6.09. The number of amides is 1. The fraction of sp³-hybridized carbons (Fsp3) is 0.909. The van der Waals surface area contributed by atoms with Crippen molar-refractivity contribution >= 4 is 5.91 Å². The van der Waals surface area contributed by atoms with Crippen LogP contribution in [0.2, 0.25) is 0 Å². The van der Waals surface area contributed by atoms with Gasteiger partial charge >= 0.3 is 6.18 Å². The maximum absolute atomic E-state index is 12.7. The lowest BCUT2D eigenvalue weighted by atomic mass is 9.84. The van der Waals surface area contributed by atoms with Gasteiger partial charge in [-0.15, -0.1) is 0 Å². The highest BCUT2D eigenvalue weighted by Gasteiger charge is 2.45. The molecule has 0 aliphatic heterocycles. The predicted octanol–water partition coefficient (Wildman–Crippen LogP) is 1.20. The standard InChI is InChI=1S/C11H19F3N2O2/c12-11(13,14)8-3-1-2-4-9(8)16-10(17)7-18-6-5-15/h8-9H,1-7,15H2,(H,16,17). The van der Waals surface area contributed by atoms with Crippen molar-refractivity contribution in [2.24, 2.45) is 11.7 Å². The minimum atomic E-state index is -4.25. The Morgan fingerprint density at radius 2 is 2.00 bits per heavy atom. The third kappa shape index (κ3) is 4.81. The molecule has 1 rings (SSSR count).